The Bertz CT molecular complexity index is 734. The van der Waals surface area contributed by atoms with E-state index in [1.165, 1.54) is 18.6 Å². The SMILES string of the molecule is COC(=O)c1sccc1S(=O)(=O)NC[C@@H]1CCS(=O)(=O)C1. The Morgan fingerprint density at radius 3 is 2.81 bits per heavy atom. The van der Waals surface area contributed by atoms with Gasteiger partial charge in [-0.05, 0) is 23.8 Å². The topological polar surface area (TPSA) is 107 Å². The van der Waals surface area contributed by atoms with Crippen molar-refractivity contribution in [2.75, 3.05) is 25.2 Å². The molecule has 10 heteroatoms. The van der Waals surface area contributed by atoms with Gasteiger partial charge in [-0.1, -0.05) is 0 Å². The van der Waals surface area contributed by atoms with E-state index >= 15 is 0 Å². The van der Waals surface area contributed by atoms with Crippen molar-refractivity contribution in [3.05, 3.63) is 16.3 Å². The molecular weight excluding hydrogens is 338 g/mol. The standard InChI is InChI=1S/C11H15NO6S3/c1-18-11(13)10-9(2-4-19-10)21(16,17)12-6-8-3-5-20(14,15)7-8/h2,4,8,12H,3,5-7H2,1H3/t8-/m0/s1. The first-order valence-corrected chi connectivity index (χ1v) is 10.3. The summed E-state index contributed by atoms with van der Waals surface area (Å²) in [6.07, 6.45) is 0.443. The molecule has 0 aromatic carbocycles. The molecule has 7 nitrogen and oxygen atoms in total. The molecular formula is C11H15NO6S3. The van der Waals surface area contributed by atoms with Crippen LogP contribution in [0.4, 0.5) is 0 Å². The van der Waals surface area contributed by atoms with Crippen molar-refractivity contribution in [2.24, 2.45) is 5.92 Å². The molecule has 0 saturated carbocycles. The molecule has 0 bridgehead atoms. The van der Waals surface area contributed by atoms with Crippen molar-refractivity contribution in [3.63, 3.8) is 0 Å². The van der Waals surface area contributed by atoms with E-state index in [1.54, 1.807) is 0 Å². The lowest BCUT2D eigenvalue weighted by Gasteiger charge is -2.10. The number of thiophene rings is 1. The summed E-state index contributed by atoms with van der Waals surface area (Å²) in [6, 6.07) is 1.32. The van der Waals surface area contributed by atoms with E-state index in [9.17, 15) is 21.6 Å². The predicted octanol–water partition coefficient (Wildman–Crippen LogP) is 0.248. The second-order valence-corrected chi connectivity index (χ2v) is 9.61. The van der Waals surface area contributed by atoms with Crippen LogP contribution >= 0.6 is 11.3 Å². The summed E-state index contributed by atoms with van der Waals surface area (Å²) in [6.45, 7) is 0.0397. The highest BCUT2D eigenvalue weighted by atomic mass is 32.2. The minimum Gasteiger partial charge on any atom is -0.465 e. The number of hydrogen-bond donors (Lipinski definition) is 1. The number of carbonyl (C=O) groups excluding carboxylic acids is 1. The van der Waals surface area contributed by atoms with E-state index in [1.807, 2.05) is 0 Å². The number of hydrogen-bond acceptors (Lipinski definition) is 7. The number of methoxy groups -OCH3 is 1. The summed E-state index contributed by atoms with van der Waals surface area (Å²) >= 11 is 0.977. The minimum atomic E-state index is -3.86. The van der Waals surface area contributed by atoms with Gasteiger partial charge in [0.1, 0.15) is 9.77 Å². The van der Waals surface area contributed by atoms with Crippen LogP contribution in [-0.2, 0) is 24.6 Å². The molecule has 0 spiro atoms. The largest absolute Gasteiger partial charge is 0.465 e. The van der Waals surface area contributed by atoms with Gasteiger partial charge in [-0.2, -0.15) is 0 Å². The summed E-state index contributed by atoms with van der Waals surface area (Å²) in [5.41, 5.74) is 0. The van der Waals surface area contributed by atoms with E-state index < -0.39 is 25.8 Å². The third-order valence-electron chi connectivity index (χ3n) is 3.18. The average molecular weight is 353 g/mol. The number of rotatable bonds is 5. The summed E-state index contributed by atoms with van der Waals surface area (Å²) in [7, 11) is -5.74. The molecule has 0 amide bonds. The zero-order chi connectivity index (χ0) is 15.7. The van der Waals surface area contributed by atoms with Crippen LogP contribution in [0.1, 0.15) is 16.1 Å². The number of nitrogens with one attached hydrogen (secondary N) is 1. The Kier molecular flexibility index (Phi) is 4.71. The zero-order valence-electron chi connectivity index (χ0n) is 11.2. The summed E-state index contributed by atoms with van der Waals surface area (Å²) < 4.78 is 54.0. The van der Waals surface area contributed by atoms with Crippen LogP contribution in [0.3, 0.4) is 0 Å². The highest BCUT2D eigenvalue weighted by Crippen LogP contribution is 2.23. The lowest BCUT2D eigenvalue weighted by molar-refractivity contribution is 0.0602. The van der Waals surface area contributed by atoms with Crippen LogP contribution in [0.15, 0.2) is 16.3 Å². The number of ether oxygens (including phenoxy) is 1. The fourth-order valence-electron chi connectivity index (χ4n) is 2.09. The van der Waals surface area contributed by atoms with Gasteiger partial charge in [-0.3, -0.25) is 0 Å². The molecule has 1 N–H and O–H groups in total. The molecule has 2 rings (SSSR count). The molecule has 1 aromatic heterocycles. The molecule has 21 heavy (non-hydrogen) atoms. The van der Waals surface area contributed by atoms with Gasteiger partial charge in [0.15, 0.2) is 9.84 Å². The quantitative estimate of drug-likeness (QED) is 0.761. The molecule has 1 aliphatic heterocycles. The van der Waals surface area contributed by atoms with Crippen molar-refractivity contribution in [1.82, 2.24) is 4.72 Å². The molecule has 1 saturated heterocycles. The molecule has 1 atom stereocenters. The van der Waals surface area contributed by atoms with Crippen LogP contribution < -0.4 is 4.72 Å². The summed E-state index contributed by atoms with van der Waals surface area (Å²) in [5.74, 6) is -0.868. The Morgan fingerprint density at radius 2 is 2.24 bits per heavy atom. The van der Waals surface area contributed by atoms with Crippen molar-refractivity contribution in [1.29, 1.82) is 0 Å². The van der Waals surface area contributed by atoms with Crippen LogP contribution in [0.5, 0.6) is 0 Å². The molecule has 1 fully saturated rings. The lowest BCUT2D eigenvalue weighted by atomic mass is 10.1. The highest BCUT2D eigenvalue weighted by molar-refractivity contribution is 7.91. The summed E-state index contributed by atoms with van der Waals surface area (Å²) in [5, 5.41) is 1.49. The van der Waals surface area contributed by atoms with Gasteiger partial charge >= 0.3 is 5.97 Å². The van der Waals surface area contributed by atoms with Crippen molar-refractivity contribution < 1.29 is 26.4 Å². The van der Waals surface area contributed by atoms with E-state index in [2.05, 4.69) is 9.46 Å². The van der Waals surface area contributed by atoms with Crippen molar-refractivity contribution >= 4 is 37.2 Å². The fourth-order valence-corrected chi connectivity index (χ4v) is 6.40. The lowest BCUT2D eigenvalue weighted by Crippen LogP contribution is -2.30. The van der Waals surface area contributed by atoms with E-state index in [0.29, 0.717) is 6.42 Å². The number of esters is 1. The smallest absolute Gasteiger partial charge is 0.349 e. The molecule has 2 heterocycles. The van der Waals surface area contributed by atoms with Gasteiger partial charge in [0.25, 0.3) is 0 Å². The number of carbonyl (C=O) groups is 1. The van der Waals surface area contributed by atoms with Crippen LogP contribution in [0.25, 0.3) is 0 Å². The van der Waals surface area contributed by atoms with E-state index in [-0.39, 0.29) is 33.7 Å². The Balaban J connectivity index is 2.09. The highest BCUT2D eigenvalue weighted by Gasteiger charge is 2.30. The van der Waals surface area contributed by atoms with Gasteiger partial charge in [0.2, 0.25) is 10.0 Å². The second-order valence-electron chi connectivity index (χ2n) is 4.73. The van der Waals surface area contributed by atoms with Crippen molar-refractivity contribution in [3.8, 4) is 0 Å². The Morgan fingerprint density at radius 1 is 1.52 bits per heavy atom. The molecule has 0 aliphatic carbocycles. The van der Waals surface area contributed by atoms with Crippen LogP contribution in [0.2, 0.25) is 0 Å². The maximum absolute atomic E-state index is 12.2. The third-order valence-corrected chi connectivity index (χ3v) is 7.50. The van der Waals surface area contributed by atoms with Gasteiger partial charge in [0, 0.05) is 6.54 Å². The molecule has 1 aromatic rings. The van der Waals surface area contributed by atoms with Gasteiger partial charge in [0.05, 0.1) is 18.6 Å². The molecule has 0 radical (unpaired) electrons. The van der Waals surface area contributed by atoms with Gasteiger partial charge in [-0.25, -0.2) is 26.4 Å². The van der Waals surface area contributed by atoms with Crippen LogP contribution in [0, 0.1) is 5.92 Å². The minimum absolute atomic E-state index is 0.00374. The zero-order valence-corrected chi connectivity index (χ0v) is 13.7. The van der Waals surface area contributed by atoms with E-state index in [0.717, 1.165) is 11.3 Å². The Hall–Kier alpha value is -0.970. The van der Waals surface area contributed by atoms with Crippen molar-refractivity contribution in [2.45, 2.75) is 11.3 Å². The molecule has 1 aliphatic rings. The monoisotopic (exact) mass is 353 g/mol. The normalized spacial score (nSPS) is 21.3. The molecule has 0 unspecified atom stereocenters. The fraction of sp³-hybridized carbons (Fsp3) is 0.545. The molecule has 118 valence electrons. The summed E-state index contributed by atoms with van der Waals surface area (Å²) in [4.78, 5) is 11.4. The van der Waals surface area contributed by atoms with Gasteiger partial charge < -0.3 is 4.74 Å². The Labute approximate surface area is 127 Å². The van der Waals surface area contributed by atoms with Crippen LogP contribution in [-0.4, -0.2) is 48.0 Å². The van der Waals surface area contributed by atoms with E-state index in [4.69, 9.17) is 0 Å². The third kappa shape index (κ3) is 3.82. The first-order valence-electron chi connectivity index (χ1n) is 6.11. The predicted molar refractivity (Wildman–Crippen MR) is 77.6 cm³/mol. The maximum atomic E-state index is 12.2. The van der Waals surface area contributed by atoms with Gasteiger partial charge in [-0.15, -0.1) is 11.3 Å². The first-order chi connectivity index (χ1) is 9.75. The second kappa shape index (κ2) is 6.03. The number of sulfonamides is 1. The average Bonchev–Trinajstić information content (AvgIpc) is 3.02. The maximum Gasteiger partial charge on any atom is 0.349 e. The first kappa shape index (κ1) is 16.4. The number of sulfone groups is 1.